The van der Waals surface area contributed by atoms with Gasteiger partial charge in [0.05, 0.1) is 5.69 Å². The van der Waals surface area contributed by atoms with Gasteiger partial charge in [-0.2, -0.15) is 0 Å². The number of rotatable bonds is 5. The number of urea groups is 1. The molecule has 4 amide bonds. The van der Waals surface area contributed by atoms with Crippen LogP contribution in [0.3, 0.4) is 0 Å². The monoisotopic (exact) mass is 404 g/mol. The van der Waals surface area contributed by atoms with Crippen LogP contribution < -0.4 is 10.6 Å². The predicted molar refractivity (Wildman–Crippen MR) is 103 cm³/mol. The fourth-order valence-corrected chi connectivity index (χ4v) is 4.05. The van der Waals surface area contributed by atoms with Crippen LogP contribution in [-0.4, -0.2) is 39.8 Å². The fraction of sp³-hybridized carbons (Fsp3) is 0.333. The maximum absolute atomic E-state index is 12.6. The van der Waals surface area contributed by atoms with Crippen molar-refractivity contribution in [2.75, 3.05) is 11.9 Å². The Bertz CT molecular complexity index is 925. The summed E-state index contributed by atoms with van der Waals surface area (Å²) in [5.41, 5.74) is 0.703. The average molecular weight is 405 g/mol. The molecule has 0 spiro atoms. The van der Waals surface area contributed by atoms with Gasteiger partial charge in [-0.15, -0.1) is 11.3 Å². The highest BCUT2D eigenvalue weighted by Crippen LogP contribution is 2.42. The molecule has 2 aliphatic rings. The minimum Gasteiger partial charge on any atom is -0.323 e. The van der Waals surface area contributed by atoms with E-state index in [-0.39, 0.29) is 18.4 Å². The molecule has 1 aromatic carbocycles. The summed E-state index contributed by atoms with van der Waals surface area (Å²) in [5.74, 6) is -0.649. The van der Waals surface area contributed by atoms with Crippen molar-refractivity contribution in [1.82, 2.24) is 15.2 Å². The summed E-state index contributed by atoms with van der Waals surface area (Å²) in [6.45, 7) is 1.39. The molecule has 2 fully saturated rings. The Labute approximate surface area is 164 Å². The van der Waals surface area contributed by atoms with Crippen molar-refractivity contribution in [2.24, 2.45) is 5.92 Å². The average Bonchev–Trinajstić information content (AvgIpc) is 3.36. The first-order valence-electron chi connectivity index (χ1n) is 8.52. The molecule has 1 atom stereocenters. The van der Waals surface area contributed by atoms with Gasteiger partial charge in [0.15, 0.2) is 5.13 Å². The minimum absolute atomic E-state index is 0.155. The molecule has 140 valence electrons. The van der Waals surface area contributed by atoms with Crippen LogP contribution in [0, 0.1) is 5.92 Å². The van der Waals surface area contributed by atoms with E-state index >= 15 is 0 Å². The van der Waals surface area contributed by atoms with Crippen LogP contribution in [0.25, 0.3) is 11.3 Å². The van der Waals surface area contributed by atoms with E-state index in [4.69, 9.17) is 11.6 Å². The third-order valence-electron chi connectivity index (χ3n) is 4.89. The number of nitrogens with one attached hydrogen (secondary N) is 2. The first kappa shape index (κ1) is 17.9. The van der Waals surface area contributed by atoms with Gasteiger partial charge < -0.3 is 10.6 Å². The molecular weight excluding hydrogens is 388 g/mol. The van der Waals surface area contributed by atoms with Crippen LogP contribution in [-0.2, 0) is 9.59 Å². The fourth-order valence-electron chi connectivity index (χ4n) is 3.18. The number of amides is 4. The van der Waals surface area contributed by atoms with Gasteiger partial charge in [0.25, 0.3) is 5.91 Å². The highest BCUT2D eigenvalue weighted by molar-refractivity contribution is 7.14. The standard InChI is InChI=1S/C18H17ClN4O3S/c1-18(11-4-5-11)15(25)23(17(26)22-18)8-14(24)21-16-20-13(9-27-16)10-2-6-12(19)7-3-10/h2-3,6-7,9,11H,4-5,8H2,1H3,(H,22,26)(H,20,21,24)/t18-/m0/s1. The van der Waals surface area contributed by atoms with Gasteiger partial charge in [0.1, 0.15) is 12.1 Å². The number of halogens is 1. The molecular formula is C18H17ClN4O3S. The second-order valence-electron chi connectivity index (χ2n) is 6.89. The molecule has 4 rings (SSSR count). The second kappa shape index (κ2) is 6.61. The molecule has 0 unspecified atom stereocenters. The maximum Gasteiger partial charge on any atom is 0.325 e. The lowest BCUT2D eigenvalue weighted by atomic mass is 9.96. The van der Waals surface area contributed by atoms with Crippen molar-refractivity contribution in [3.05, 3.63) is 34.7 Å². The minimum atomic E-state index is -0.889. The van der Waals surface area contributed by atoms with Crippen LogP contribution >= 0.6 is 22.9 Å². The van der Waals surface area contributed by atoms with E-state index in [1.165, 1.54) is 11.3 Å². The molecule has 27 heavy (non-hydrogen) atoms. The Hall–Kier alpha value is -2.45. The molecule has 1 aromatic heterocycles. The lowest BCUT2D eigenvalue weighted by molar-refractivity contribution is -0.134. The summed E-state index contributed by atoms with van der Waals surface area (Å²) in [6.07, 6.45) is 1.82. The van der Waals surface area contributed by atoms with Gasteiger partial charge in [0, 0.05) is 16.0 Å². The number of nitrogens with zero attached hydrogens (tertiary/aromatic N) is 2. The summed E-state index contributed by atoms with van der Waals surface area (Å²) in [5, 5.41) is 8.23. The van der Waals surface area contributed by atoms with E-state index in [0.29, 0.717) is 15.8 Å². The molecule has 0 radical (unpaired) electrons. The third-order valence-corrected chi connectivity index (χ3v) is 5.90. The number of carbonyl (C=O) groups excluding carboxylic acids is 3. The van der Waals surface area contributed by atoms with Crippen molar-refractivity contribution in [2.45, 2.75) is 25.3 Å². The molecule has 2 heterocycles. The molecule has 2 N–H and O–H groups in total. The van der Waals surface area contributed by atoms with Gasteiger partial charge in [-0.25, -0.2) is 9.78 Å². The van der Waals surface area contributed by atoms with Crippen LogP contribution in [0.2, 0.25) is 5.02 Å². The molecule has 2 aromatic rings. The molecule has 9 heteroatoms. The van der Waals surface area contributed by atoms with Crippen molar-refractivity contribution in [3.63, 3.8) is 0 Å². The number of benzene rings is 1. The summed E-state index contributed by atoms with van der Waals surface area (Å²) in [7, 11) is 0. The number of hydrogen-bond acceptors (Lipinski definition) is 5. The Kier molecular flexibility index (Phi) is 4.39. The highest BCUT2D eigenvalue weighted by Gasteiger charge is 2.56. The van der Waals surface area contributed by atoms with E-state index in [1.54, 1.807) is 19.1 Å². The van der Waals surface area contributed by atoms with Crippen molar-refractivity contribution in [1.29, 1.82) is 0 Å². The molecule has 0 bridgehead atoms. The Morgan fingerprint density at radius 1 is 1.37 bits per heavy atom. The van der Waals surface area contributed by atoms with Crippen LogP contribution in [0.1, 0.15) is 19.8 Å². The normalized spacial score (nSPS) is 22.1. The first-order chi connectivity index (χ1) is 12.9. The zero-order valence-electron chi connectivity index (χ0n) is 14.5. The SMILES string of the molecule is C[C@@]1(C2CC2)NC(=O)N(CC(=O)Nc2nc(-c3ccc(Cl)cc3)cs2)C1=O. The molecule has 1 aliphatic heterocycles. The van der Waals surface area contributed by atoms with Gasteiger partial charge in [-0.1, -0.05) is 23.7 Å². The molecule has 7 nitrogen and oxygen atoms in total. The van der Waals surface area contributed by atoms with Gasteiger partial charge in [0.2, 0.25) is 5.91 Å². The number of thiazole rings is 1. The summed E-state index contributed by atoms with van der Waals surface area (Å²) < 4.78 is 0. The maximum atomic E-state index is 12.6. The predicted octanol–water partition coefficient (Wildman–Crippen LogP) is 3.12. The number of carbonyl (C=O) groups is 3. The van der Waals surface area contributed by atoms with Gasteiger partial charge >= 0.3 is 6.03 Å². The van der Waals surface area contributed by atoms with Crippen molar-refractivity contribution >= 4 is 45.9 Å². The van der Waals surface area contributed by atoms with E-state index < -0.39 is 17.5 Å². The number of aromatic nitrogens is 1. The summed E-state index contributed by atoms with van der Waals surface area (Å²) in [4.78, 5) is 42.3. The smallest absolute Gasteiger partial charge is 0.323 e. The Morgan fingerprint density at radius 3 is 2.74 bits per heavy atom. The zero-order valence-corrected chi connectivity index (χ0v) is 16.1. The Morgan fingerprint density at radius 2 is 2.07 bits per heavy atom. The number of anilines is 1. The second-order valence-corrected chi connectivity index (χ2v) is 8.19. The van der Waals surface area contributed by atoms with E-state index in [1.807, 2.05) is 17.5 Å². The lowest BCUT2D eigenvalue weighted by Gasteiger charge is -2.20. The highest BCUT2D eigenvalue weighted by atomic mass is 35.5. The van der Waals surface area contributed by atoms with Crippen LogP contribution in [0.5, 0.6) is 0 Å². The van der Waals surface area contributed by atoms with Gasteiger partial charge in [-0.05, 0) is 37.8 Å². The molecule has 1 saturated carbocycles. The van der Waals surface area contributed by atoms with E-state index in [2.05, 4.69) is 15.6 Å². The first-order valence-corrected chi connectivity index (χ1v) is 9.78. The quantitative estimate of drug-likeness (QED) is 0.749. The van der Waals surface area contributed by atoms with Crippen molar-refractivity contribution in [3.8, 4) is 11.3 Å². The summed E-state index contributed by atoms with van der Waals surface area (Å²) >= 11 is 7.15. The molecule has 1 saturated heterocycles. The van der Waals surface area contributed by atoms with Gasteiger partial charge in [-0.3, -0.25) is 14.5 Å². The Balaban J connectivity index is 1.41. The largest absolute Gasteiger partial charge is 0.325 e. The van der Waals surface area contributed by atoms with E-state index in [9.17, 15) is 14.4 Å². The third kappa shape index (κ3) is 3.42. The number of hydrogen-bond donors (Lipinski definition) is 2. The number of imide groups is 1. The molecule has 1 aliphatic carbocycles. The summed E-state index contributed by atoms with van der Waals surface area (Å²) in [6, 6.07) is 6.70. The van der Waals surface area contributed by atoms with Crippen molar-refractivity contribution < 1.29 is 14.4 Å². The van der Waals surface area contributed by atoms with Crippen LogP contribution in [0.15, 0.2) is 29.6 Å². The zero-order chi connectivity index (χ0) is 19.2. The lowest BCUT2D eigenvalue weighted by Crippen LogP contribution is -2.46. The van der Waals surface area contributed by atoms with Crippen LogP contribution in [0.4, 0.5) is 9.93 Å². The van der Waals surface area contributed by atoms with E-state index in [0.717, 1.165) is 23.3 Å². The topological polar surface area (TPSA) is 91.4 Å².